The molecule has 3 rings (SSSR count). The van der Waals surface area contributed by atoms with E-state index in [1.54, 1.807) is 4.90 Å². The van der Waals surface area contributed by atoms with Gasteiger partial charge in [0.25, 0.3) is 0 Å². The Bertz CT molecular complexity index is 920. The van der Waals surface area contributed by atoms with E-state index in [0.29, 0.717) is 11.4 Å². The fraction of sp³-hybridized carbons (Fsp3) is 0.375. The summed E-state index contributed by atoms with van der Waals surface area (Å²) in [7, 11) is 0. The largest absolute Gasteiger partial charge is 0.349 e. The van der Waals surface area contributed by atoms with Crippen LogP contribution in [0.5, 0.6) is 0 Å². The van der Waals surface area contributed by atoms with Crippen molar-refractivity contribution in [2.24, 2.45) is 5.92 Å². The number of carbonyl (C=O) groups is 3. The SMILES string of the molecule is Cc1ccc(N(C(=O)[C@H]2CSC(=O)C2)[C@H](C(=O)NC(C)(C)C)c2ccccc2)cc1. The summed E-state index contributed by atoms with van der Waals surface area (Å²) in [5, 5.41) is 3.05. The first kappa shape index (κ1) is 22.1. The van der Waals surface area contributed by atoms with Gasteiger partial charge in [0.05, 0.1) is 5.92 Å². The Labute approximate surface area is 182 Å². The van der Waals surface area contributed by atoms with E-state index in [1.807, 2.05) is 82.3 Å². The molecule has 5 nitrogen and oxygen atoms in total. The lowest BCUT2D eigenvalue weighted by molar-refractivity contribution is -0.129. The van der Waals surface area contributed by atoms with Crippen LogP contribution in [0.15, 0.2) is 54.6 Å². The fourth-order valence-electron chi connectivity index (χ4n) is 3.47. The highest BCUT2D eigenvalue weighted by Gasteiger charge is 2.39. The zero-order chi connectivity index (χ0) is 21.9. The minimum atomic E-state index is -0.832. The molecule has 2 aromatic rings. The normalized spacial score (nSPS) is 17.5. The van der Waals surface area contributed by atoms with Gasteiger partial charge in [-0.15, -0.1) is 0 Å². The van der Waals surface area contributed by atoms with Crippen molar-refractivity contribution in [3.05, 3.63) is 65.7 Å². The van der Waals surface area contributed by atoms with Gasteiger partial charge in [-0.1, -0.05) is 59.8 Å². The Hall–Kier alpha value is -2.60. The van der Waals surface area contributed by atoms with Crippen LogP contribution in [-0.2, 0) is 14.4 Å². The lowest BCUT2D eigenvalue weighted by Crippen LogP contribution is -2.50. The van der Waals surface area contributed by atoms with Crippen molar-refractivity contribution < 1.29 is 14.4 Å². The molecule has 1 fully saturated rings. The Morgan fingerprint density at radius 3 is 2.23 bits per heavy atom. The molecule has 6 heteroatoms. The highest BCUT2D eigenvalue weighted by molar-refractivity contribution is 8.14. The van der Waals surface area contributed by atoms with E-state index in [2.05, 4.69) is 5.32 Å². The van der Waals surface area contributed by atoms with Crippen molar-refractivity contribution in [1.82, 2.24) is 5.32 Å². The van der Waals surface area contributed by atoms with Crippen LogP contribution in [0.3, 0.4) is 0 Å². The van der Waals surface area contributed by atoms with Gasteiger partial charge >= 0.3 is 0 Å². The number of amides is 2. The van der Waals surface area contributed by atoms with Crippen LogP contribution in [0.2, 0.25) is 0 Å². The number of thioether (sulfide) groups is 1. The molecule has 1 N–H and O–H groups in total. The molecule has 0 radical (unpaired) electrons. The molecule has 30 heavy (non-hydrogen) atoms. The van der Waals surface area contributed by atoms with Crippen LogP contribution in [0.25, 0.3) is 0 Å². The molecule has 1 saturated heterocycles. The summed E-state index contributed by atoms with van der Waals surface area (Å²) in [6, 6.07) is 16.1. The van der Waals surface area contributed by atoms with Crippen molar-refractivity contribution in [3.63, 3.8) is 0 Å². The van der Waals surface area contributed by atoms with Crippen LogP contribution >= 0.6 is 11.8 Å². The summed E-state index contributed by atoms with van der Waals surface area (Å²) in [5.41, 5.74) is 1.98. The Morgan fingerprint density at radius 2 is 1.70 bits per heavy atom. The molecule has 0 aromatic heterocycles. The number of carbonyl (C=O) groups excluding carboxylic acids is 3. The molecule has 0 saturated carbocycles. The van der Waals surface area contributed by atoms with Gasteiger partial charge in [-0.2, -0.15) is 0 Å². The smallest absolute Gasteiger partial charge is 0.248 e. The van der Waals surface area contributed by atoms with Gasteiger partial charge in [-0.3, -0.25) is 19.3 Å². The second kappa shape index (κ2) is 9.04. The first-order valence-electron chi connectivity index (χ1n) is 10.1. The third-order valence-electron chi connectivity index (χ3n) is 4.88. The Balaban J connectivity index is 2.10. The summed E-state index contributed by atoms with van der Waals surface area (Å²) in [5.74, 6) is -0.435. The predicted octanol–water partition coefficient (Wildman–Crippen LogP) is 4.26. The average Bonchev–Trinajstić information content (AvgIpc) is 3.12. The molecule has 2 aromatic carbocycles. The van der Waals surface area contributed by atoms with Crippen LogP contribution in [0.1, 0.15) is 44.4 Å². The van der Waals surface area contributed by atoms with Gasteiger partial charge < -0.3 is 5.32 Å². The van der Waals surface area contributed by atoms with Gasteiger partial charge in [0.1, 0.15) is 6.04 Å². The lowest BCUT2D eigenvalue weighted by Gasteiger charge is -2.35. The number of nitrogens with zero attached hydrogens (tertiary/aromatic N) is 1. The van der Waals surface area contributed by atoms with E-state index >= 15 is 0 Å². The number of hydrogen-bond donors (Lipinski definition) is 1. The molecular formula is C24H28N2O3S. The monoisotopic (exact) mass is 424 g/mol. The average molecular weight is 425 g/mol. The minimum Gasteiger partial charge on any atom is -0.349 e. The number of anilines is 1. The predicted molar refractivity (Wildman–Crippen MR) is 121 cm³/mol. The van der Waals surface area contributed by atoms with E-state index in [0.717, 1.165) is 11.1 Å². The second-order valence-electron chi connectivity index (χ2n) is 8.68. The molecule has 1 aliphatic heterocycles. The van der Waals surface area contributed by atoms with Gasteiger partial charge in [0.2, 0.25) is 11.8 Å². The minimum absolute atomic E-state index is 0.0209. The molecule has 158 valence electrons. The summed E-state index contributed by atoms with van der Waals surface area (Å²) in [6.45, 7) is 7.72. The molecule has 0 bridgehead atoms. The van der Waals surface area contributed by atoms with Crippen LogP contribution in [-0.4, -0.2) is 28.2 Å². The Kier molecular flexibility index (Phi) is 6.66. The summed E-state index contributed by atoms with van der Waals surface area (Å²) < 4.78 is 0. The maximum atomic E-state index is 13.6. The molecule has 2 amide bonds. The third-order valence-corrected chi connectivity index (χ3v) is 5.94. The zero-order valence-corrected chi connectivity index (χ0v) is 18.7. The molecule has 0 spiro atoms. The van der Waals surface area contributed by atoms with Gasteiger partial charge in [0.15, 0.2) is 5.12 Å². The first-order chi connectivity index (χ1) is 14.2. The number of rotatable bonds is 5. The molecule has 0 unspecified atom stereocenters. The van der Waals surface area contributed by atoms with Crippen molar-refractivity contribution in [2.75, 3.05) is 10.7 Å². The molecular weight excluding hydrogens is 396 g/mol. The van der Waals surface area contributed by atoms with E-state index in [4.69, 9.17) is 0 Å². The van der Waals surface area contributed by atoms with Gasteiger partial charge in [-0.25, -0.2) is 0 Å². The number of hydrogen-bond acceptors (Lipinski definition) is 4. The van der Waals surface area contributed by atoms with E-state index in [-0.39, 0.29) is 23.4 Å². The highest BCUT2D eigenvalue weighted by atomic mass is 32.2. The quantitative estimate of drug-likeness (QED) is 0.779. The number of benzene rings is 2. The van der Waals surface area contributed by atoms with E-state index in [1.165, 1.54) is 11.8 Å². The van der Waals surface area contributed by atoms with Crippen molar-refractivity contribution in [1.29, 1.82) is 0 Å². The third kappa shape index (κ3) is 5.30. The first-order valence-corrected chi connectivity index (χ1v) is 11.1. The summed E-state index contributed by atoms with van der Waals surface area (Å²) in [6.07, 6.45) is 0.203. The van der Waals surface area contributed by atoms with Crippen molar-refractivity contribution >= 4 is 34.4 Å². The van der Waals surface area contributed by atoms with Gasteiger partial charge in [-0.05, 0) is 45.4 Å². The second-order valence-corrected chi connectivity index (χ2v) is 9.76. The van der Waals surface area contributed by atoms with E-state index in [9.17, 15) is 14.4 Å². The Morgan fingerprint density at radius 1 is 1.07 bits per heavy atom. The zero-order valence-electron chi connectivity index (χ0n) is 17.8. The maximum Gasteiger partial charge on any atom is 0.248 e. The highest BCUT2D eigenvalue weighted by Crippen LogP contribution is 2.34. The standard InChI is InChI=1S/C24H28N2O3S/c1-16-10-12-19(13-11-16)26(23(29)18-14-20(27)30-15-18)21(17-8-6-5-7-9-17)22(28)25-24(2,3)4/h5-13,18,21H,14-15H2,1-4H3,(H,25,28)/t18-,21+/m1/s1. The fourth-order valence-corrected chi connectivity index (χ4v) is 4.43. The topological polar surface area (TPSA) is 66.5 Å². The van der Waals surface area contributed by atoms with E-state index < -0.39 is 17.5 Å². The number of nitrogens with one attached hydrogen (secondary N) is 1. The molecule has 1 heterocycles. The van der Waals surface area contributed by atoms with Crippen LogP contribution < -0.4 is 10.2 Å². The molecule has 2 atom stereocenters. The van der Waals surface area contributed by atoms with Crippen LogP contribution in [0, 0.1) is 12.8 Å². The lowest BCUT2D eigenvalue weighted by atomic mass is 9.98. The van der Waals surface area contributed by atoms with Crippen LogP contribution in [0.4, 0.5) is 5.69 Å². The van der Waals surface area contributed by atoms with Crippen molar-refractivity contribution in [3.8, 4) is 0 Å². The van der Waals surface area contributed by atoms with Gasteiger partial charge in [0, 0.05) is 23.4 Å². The number of aryl methyl sites for hydroxylation is 1. The summed E-state index contributed by atoms with van der Waals surface area (Å²) in [4.78, 5) is 40.5. The molecule has 0 aliphatic carbocycles. The summed E-state index contributed by atoms with van der Waals surface area (Å²) >= 11 is 1.19. The van der Waals surface area contributed by atoms with Crippen molar-refractivity contribution in [2.45, 2.75) is 45.7 Å². The molecule has 1 aliphatic rings. The maximum absolute atomic E-state index is 13.6.